The Morgan fingerprint density at radius 3 is 2.67 bits per heavy atom. The number of hydrogen-bond donors (Lipinski definition) is 1. The van der Waals surface area contributed by atoms with Gasteiger partial charge in [-0.1, -0.05) is 36.8 Å². The number of piperidine rings is 1. The minimum atomic E-state index is -0.0433. The first kappa shape index (κ1) is 15.5. The molecular weight excluding hydrogens is 264 g/mol. The van der Waals surface area contributed by atoms with Gasteiger partial charge >= 0.3 is 6.03 Å². The SMILES string of the molecule is Cc1ccc(C(=O)CCNC(=O)N2CCCC(C)C2)cc1. The van der Waals surface area contributed by atoms with Crippen molar-refractivity contribution in [1.29, 1.82) is 0 Å². The summed E-state index contributed by atoms with van der Waals surface area (Å²) in [5.41, 5.74) is 1.85. The van der Waals surface area contributed by atoms with Crippen LogP contribution in [0.15, 0.2) is 24.3 Å². The highest BCUT2D eigenvalue weighted by Gasteiger charge is 2.20. The highest BCUT2D eigenvalue weighted by atomic mass is 16.2. The van der Waals surface area contributed by atoms with E-state index in [9.17, 15) is 9.59 Å². The van der Waals surface area contributed by atoms with Gasteiger partial charge in [0.1, 0.15) is 0 Å². The lowest BCUT2D eigenvalue weighted by molar-refractivity contribution is 0.0982. The third-order valence-corrected chi connectivity index (χ3v) is 3.95. The molecule has 1 aliphatic heterocycles. The van der Waals surface area contributed by atoms with Crippen LogP contribution in [0.5, 0.6) is 0 Å². The van der Waals surface area contributed by atoms with Crippen molar-refractivity contribution in [3.8, 4) is 0 Å². The van der Waals surface area contributed by atoms with Crippen LogP contribution in [0.4, 0.5) is 4.79 Å². The molecule has 1 aromatic rings. The molecule has 1 unspecified atom stereocenters. The van der Waals surface area contributed by atoms with Crippen LogP contribution in [-0.4, -0.2) is 36.3 Å². The number of carbonyl (C=O) groups excluding carboxylic acids is 2. The van der Waals surface area contributed by atoms with Crippen LogP contribution in [-0.2, 0) is 0 Å². The summed E-state index contributed by atoms with van der Waals surface area (Å²) in [7, 11) is 0. The molecule has 2 rings (SSSR count). The highest BCUT2D eigenvalue weighted by Crippen LogP contribution is 2.15. The molecule has 1 N–H and O–H groups in total. The summed E-state index contributed by atoms with van der Waals surface area (Å²) in [5.74, 6) is 0.640. The quantitative estimate of drug-likeness (QED) is 0.866. The second kappa shape index (κ2) is 7.25. The number of Topliss-reactive ketones (excluding diaryl/α,β-unsaturated/α-hetero) is 1. The monoisotopic (exact) mass is 288 g/mol. The molecule has 0 aliphatic carbocycles. The Hall–Kier alpha value is -1.84. The van der Waals surface area contributed by atoms with Crippen molar-refractivity contribution in [2.45, 2.75) is 33.1 Å². The van der Waals surface area contributed by atoms with Crippen LogP contribution < -0.4 is 5.32 Å². The van der Waals surface area contributed by atoms with Gasteiger partial charge in [0.2, 0.25) is 0 Å². The Labute approximate surface area is 126 Å². The number of urea groups is 1. The molecular formula is C17H24N2O2. The van der Waals surface area contributed by atoms with Gasteiger partial charge in [0.15, 0.2) is 5.78 Å². The number of amides is 2. The molecule has 0 saturated carbocycles. The van der Waals surface area contributed by atoms with E-state index in [1.807, 2.05) is 36.1 Å². The molecule has 0 spiro atoms. The van der Waals surface area contributed by atoms with Crippen molar-refractivity contribution in [2.75, 3.05) is 19.6 Å². The summed E-state index contributed by atoms with van der Waals surface area (Å²) in [5, 5.41) is 2.85. The van der Waals surface area contributed by atoms with Crippen molar-refractivity contribution < 1.29 is 9.59 Å². The maximum Gasteiger partial charge on any atom is 0.317 e. The summed E-state index contributed by atoms with van der Waals surface area (Å²) in [4.78, 5) is 25.9. The Balaban J connectivity index is 1.74. The second-order valence-corrected chi connectivity index (χ2v) is 5.96. The van der Waals surface area contributed by atoms with Gasteiger partial charge in [0.05, 0.1) is 0 Å². The van der Waals surface area contributed by atoms with Crippen LogP contribution in [0, 0.1) is 12.8 Å². The van der Waals surface area contributed by atoms with Gasteiger partial charge in [-0.2, -0.15) is 0 Å². The van der Waals surface area contributed by atoms with Gasteiger partial charge in [-0.15, -0.1) is 0 Å². The smallest absolute Gasteiger partial charge is 0.317 e. The maximum absolute atomic E-state index is 12.0. The van der Waals surface area contributed by atoms with E-state index in [1.54, 1.807) is 0 Å². The molecule has 4 nitrogen and oxygen atoms in total. The minimum Gasteiger partial charge on any atom is -0.338 e. The zero-order valence-electron chi connectivity index (χ0n) is 12.9. The average Bonchev–Trinajstić information content (AvgIpc) is 2.47. The van der Waals surface area contributed by atoms with Crippen molar-refractivity contribution in [3.05, 3.63) is 35.4 Å². The molecule has 1 fully saturated rings. The molecule has 1 aromatic carbocycles. The minimum absolute atomic E-state index is 0.0433. The number of hydrogen-bond acceptors (Lipinski definition) is 2. The zero-order valence-corrected chi connectivity index (χ0v) is 12.9. The maximum atomic E-state index is 12.0. The fourth-order valence-electron chi connectivity index (χ4n) is 2.65. The van der Waals surface area contributed by atoms with Crippen molar-refractivity contribution in [2.24, 2.45) is 5.92 Å². The predicted molar refractivity (Wildman–Crippen MR) is 83.5 cm³/mol. The summed E-state index contributed by atoms with van der Waals surface area (Å²) < 4.78 is 0. The number of benzene rings is 1. The summed E-state index contributed by atoms with van der Waals surface area (Å²) in [6, 6.07) is 7.50. The normalized spacial score (nSPS) is 18.4. The number of likely N-dealkylation sites (tertiary alicyclic amines) is 1. The largest absolute Gasteiger partial charge is 0.338 e. The van der Waals surface area contributed by atoms with Gasteiger partial charge in [-0.3, -0.25) is 4.79 Å². The molecule has 21 heavy (non-hydrogen) atoms. The Kier molecular flexibility index (Phi) is 5.37. The van der Waals surface area contributed by atoms with Crippen LogP contribution in [0.1, 0.15) is 42.1 Å². The van der Waals surface area contributed by atoms with Gasteiger partial charge in [0.25, 0.3) is 0 Å². The summed E-state index contributed by atoms with van der Waals surface area (Å²) in [6.07, 6.45) is 2.60. The molecule has 1 atom stereocenters. The van der Waals surface area contributed by atoms with Gasteiger partial charge in [-0.05, 0) is 25.7 Å². The number of nitrogens with one attached hydrogen (secondary N) is 1. The fourth-order valence-corrected chi connectivity index (χ4v) is 2.65. The van der Waals surface area contributed by atoms with Crippen LogP contribution in [0.25, 0.3) is 0 Å². The third-order valence-electron chi connectivity index (χ3n) is 3.95. The molecule has 114 valence electrons. The van der Waals surface area contributed by atoms with Crippen LogP contribution >= 0.6 is 0 Å². The highest BCUT2D eigenvalue weighted by molar-refractivity contribution is 5.96. The van der Waals surface area contributed by atoms with Crippen LogP contribution in [0.3, 0.4) is 0 Å². The number of nitrogens with zero attached hydrogens (tertiary/aromatic N) is 1. The van der Waals surface area contributed by atoms with E-state index < -0.39 is 0 Å². The van der Waals surface area contributed by atoms with E-state index >= 15 is 0 Å². The number of aryl methyl sites for hydroxylation is 1. The van der Waals surface area contributed by atoms with Crippen LogP contribution in [0.2, 0.25) is 0 Å². The molecule has 2 amide bonds. The van der Waals surface area contributed by atoms with Crippen molar-refractivity contribution in [3.63, 3.8) is 0 Å². The molecule has 1 saturated heterocycles. The van der Waals surface area contributed by atoms with E-state index in [2.05, 4.69) is 12.2 Å². The topological polar surface area (TPSA) is 49.4 Å². The molecule has 0 aromatic heterocycles. The first-order valence-corrected chi connectivity index (χ1v) is 7.69. The molecule has 0 radical (unpaired) electrons. The lowest BCUT2D eigenvalue weighted by Crippen LogP contribution is -2.45. The number of rotatable bonds is 4. The summed E-state index contributed by atoms with van der Waals surface area (Å²) in [6.45, 7) is 6.20. The van der Waals surface area contributed by atoms with Gasteiger partial charge < -0.3 is 10.2 Å². The van der Waals surface area contributed by atoms with E-state index in [0.717, 1.165) is 25.1 Å². The average molecular weight is 288 g/mol. The lowest BCUT2D eigenvalue weighted by atomic mass is 10.0. The van der Waals surface area contributed by atoms with E-state index in [0.29, 0.717) is 24.4 Å². The molecule has 1 aliphatic rings. The van der Waals surface area contributed by atoms with Gasteiger partial charge in [0, 0.05) is 31.6 Å². The van der Waals surface area contributed by atoms with E-state index in [-0.39, 0.29) is 11.8 Å². The Morgan fingerprint density at radius 1 is 1.29 bits per heavy atom. The third kappa shape index (κ3) is 4.59. The van der Waals surface area contributed by atoms with E-state index in [1.165, 1.54) is 6.42 Å². The molecule has 1 heterocycles. The number of ketones is 1. The van der Waals surface area contributed by atoms with E-state index in [4.69, 9.17) is 0 Å². The fraction of sp³-hybridized carbons (Fsp3) is 0.529. The molecule has 0 bridgehead atoms. The second-order valence-electron chi connectivity index (χ2n) is 5.96. The van der Waals surface area contributed by atoms with Crippen molar-refractivity contribution >= 4 is 11.8 Å². The Morgan fingerprint density at radius 2 is 2.00 bits per heavy atom. The standard InChI is InChI=1S/C17H24N2O2/c1-13-5-7-15(8-6-13)16(20)9-10-18-17(21)19-11-3-4-14(2)12-19/h5-8,14H,3-4,9-12H2,1-2H3,(H,18,21). The van der Waals surface area contributed by atoms with Gasteiger partial charge in [-0.25, -0.2) is 4.79 Å². The predicted octanol–water partition coefficient (Wildman–Crippen LogP) is 3.01. The number of carbonyl (C=O) groups is 2. The first-order chi connectivity index (χ1) is 10.1. The zero-order chi connectivity index (χ0) is 15.2. The Bertz CT molecular complexity index is 496. The summed E-state index contributed by atoms with van der Waals surface area (Å²) >= 11 is 0. The lowest BCUT2D eigenvalue weighted by Gasteiger charge is -2.30. The van der Waals surface area contributed by atoms with Crippen molar-refractivity contribution in [1.82, 2.24) is 10.2 Å². The molecule has 4 heteroatoms. The first-order valence-electron chi connectivity index (χ1n) is 7.69.